The largest absolute Gasteiger partial charge is 0.382 e. The van der Waals surface area contributed by atoms with Crippen LogP contribution in [0.4, 0.5) is 16.1 Å². The van der Waals surface area contributed by atoms with Crippen molar-refractivity contribution in [3.63, 3.8) is 0 Å². The van der Waals surface area contributed by atoms with Crippen LogP contribution in [0.15, 0.2) is 24.3 Å². The van der Waals surface area contributed by atoms with Gasteiger partial charge in [0.2, 0.25) is 0 Å². The number of fused-ring (bicyclic) bond motifs is 1. The van der Waals surface area contributed by atoms with E-state index in [-0.39, 0.29) is 11.7 Å². The van der Waals surface area contributed by atoms with E-state index in [4.69, 9.17) is 5.73 Å². The topological polar surface area (TPSA) is 92.9 Å². The first-order valence-electron chi connectivity index (χ1n) is 5.78. The first-order valence-corrected chi connectivity index (χ1v) is 7.41. The van der Waals surface area contributed by atoms with Crippen LogP contribution in [0.2, 0.25) is 0 Å². The van der Waals surface area contributed by atoms with Crippen LogP contribution >= 0.6 is 22.7 Å². The lowest BCUT2D eigenvalue weighted by molar-refractivity contribution is 0.103. The van der Waals surface area contributed by atoms with Gasteiger partial charge in [-0.25, -0.2) is 9.97 Å². The van der Waals surface area contributed by atoms with Crippen LogP contribution in [0, 0.1) is 0 Å². The van der Waals surface area contributed by atoms with Crippen LogP contribution in [0.5, 0.6) is 0 Å². The van der Waals surface area contributed by atoms with E-state index in [1.54, 1.807) is 7.05 Å². The average Bonchev–Trinajstić information content (AvgIpc) is 3.01. The van der Waals surface area contributed by atoms with Crippen molar-refractivity contribution in [2.24, 2.45) is 0 Å². The predicted octanol–water partition coefficient (Wildman–Crippen LogP) is 2.63. The van der Waals surface area contributed by atoms with E-state index in [2.05, 4.69) is 20.6 Å². The lowest BCUT2D eigenvalue weighted by Crippen LogP contribution is -2.11. The summed E-state index contributed by atoms with van der Waals surface area (Å²) in [5, 5.41) is 6.78. The maximum Gasteiger partial charge on any atom is 0.271 e. The first kappa shape index (κ1) is 12.8. The van der Waals surface area contributed by atoms with Gasteiger partial charge in [0, 0.05) is 7.05 Å². The van der Waals surface area contributed by atoms with Gasteiger partial charge in [0.1, 0.15) is 10.7 Å². The monoisotopic (exact) mass is 305 g/mol. The number of nitrogens with zero attached hydrogens (tertiary/aromatic N) is 2. The summed E-state index contributed by atoms with van der Waals surface area (Å²) in [5.41, 5.74) is 6.59. The van der Waals surface area contributed by atoms with Gasteiger partial charge in [0.25, 0.3) is 5.91 Å². The van der Waals surface area contributed by atoms with Gasteiger partial charge in [0.05, 0.1) is 10.2 Å². The molecular weight excluding hydrogens is 294 g/mol. The number of benzene rings is 1. The maximum absolute atomic E-state index is 12.2. The number of thiazole rings is 2. The van der Waals surface area contributed by atoms with E-state index in [1.165, 1.54) is 22.7 Å². The molecule has 2 aromatic heterocycles. The zero-order chi connectivity index (χ0) is 14.1. The summed E-state index contributed by atoms with van der Waals surface area (Å²) in [4.78, 5) is 20.9. The lowest BCUT2D eigenvalue weighted by atomic mass is 10.3. The van der Waals surface area contributed by atoms with E-state index in [1.807, 2.05) is 24.3 Å². The minimum atomic E-state index is -0.291. The third-order valence-corrected chi connectivity index (χ3v) is 4.63. The molecule has 3 aromatic rings. The Morgan fingerprint density at radius 2 is 2.00 bits per heavy atom. The Morgan fingerprint density at radius 3 is 2.70 bits per heavy atom. The average molecular weight is 305 g/mol. The summed E-state index contributed by atoms with van der Waals surface area (Å²) in [5.74, 6) is -0.0708. The Hall–Kier alpha value is -2.19. The number of hydrogen-bond acceptors (Lipinski definition) is 7. The SMILES string of the molecule is CNc1nc(N)c(C(=O)Nc2nc3ccccc3s2)s1. The Balaban J connectivity index is 1.86. The zero-order valence-corrected chi connectivity index (χ0v) is 12.1. The van der Waals surface area contributed by atoms with Gasteiger partial charge in [-0.1, -0.05) is 34.8 Å². The zero-order valence-electron chi connectivity index (χ0n) is 10.5. The van der Waals surface area contributed by atoms with E-state index >= 15 is 0 Å². The quantitative estimate of drug-likeness (QED) is 0.691. The summed E-state index contributed by atoms with van der Waals surface area (Å²) < 4.78 is 1.02. The highest BCUT2D eigenvalue weighted by Gasteiger charge is 2.17. The van der Waals surface area contributed by atoms with Crippen molar-refractivity contribution in [2.75, 3.05) is 23.4 Å². The summed E-state index contributed by atoms with van der Waals surface area (Å²) in [6.07, 6.45) is 0. The Bertz CT molecular complexity index is 746. The number of nitrogens with two attached hydrogens (primary N) is 1. The third-order valence-electron chi connectivity index (χ3n) is 2.59. The standard InChI is InChI=1S/C12H11N5OS2/c1-14-11-16-9(13)8(20-11)10(18)17-12-15-6-4-2-3-5-7(6)19-12/h2-5H,13H2,1H3,(H,14,16)(H,15,17,18). The first-order chi connectivity index (χ1) is 9.67. The highest BCUT2D eigenvalue weighted by molar-refractivity contribution is 7.22. The van der Waals surface area contributed by atoms with E-state index < -0.39 is 0 Å². The molecule has 1 aromatic carbocycles. The third kappa shape index (κ3) is 2.30. The maximum atomic E-state index is 12.2. The minimum Gasteiger partial charge on any atom is -0.382 e. The normalized spacial score (nSPS) is 10.7. The molecule has 6 nitrogen and oxygen atoms in total. The molecule has 4 N–H and O–H groups in total. The Morgan fingerprint density at radius 1 is 1.20 bits per heavy atom. The van der Waals surface area contributed by atoms with E-state index in [0.29, 0.717) is 15.1 Å². The van der Waals surface area contributed by atoms with Crippen molar-refractivity contribution in [3.05, 3.63) is 29.1 Å². The molecule has 20 heavy (non-hydrogen) atoms. The number of carbonyl (C=O) groups is 1. The van der Waals surface area contributed by atoms with Gasteiger partial charge in [-0.15, -0.1) is 0 Å². The van der Waals surface area contributed by atoms with Crippen molar-refractivity contribution >= 4 is 54.9 Å². The fourth-order valence-corrected chi connectivity index (χ4v) is 3.28. The van der Waals surface area contributed by atoms with Crippen molar-refractivity contribution in [1.82, 2.24) is 9.97 Å². The molecule has 0 aliphatic carbocycles. The number of carbonyl (C=O) groups excluding carboxylic acids is 1. The summed E-state index contributed by atoms with van der Waals surface area (Å²) >= 11 is 2.63. The molecule has 0 fully saturated rings. The predicted molar refractivity (Wildman–Crippen MR) is 83.6 cm³/mol. The Labute approximate surface area is 122 Å². The number of hydrogen-bond donors (Lipinski definition) is 3. The molecule has 0 saturated carbocycles. The van der Waals surface area contributed by atoms with Crippen LogP contribution in [-0.2, 0) is 0 Å². The molecule has 3 rings (SSSR count). The molecule has 0 atom stereocenters. The van der Waals surface area contributed by atoms with E-state index in [9.17, 15) is 4.79 Å². The highest BCUT2D eigenvalue weighted by atomic mass is 32.1. The summed E-state index contributed by atoms with van der Waals surface area (Å²) in [7, 11) is 1.73. The number of nitrogen functional groups attached to an aromatic ring is 1. The van der Waals surface area contributed by atoms with Crippen molar-refractivity contribution in [2.45, 2.75) is 0 Å². The van der Waals surface area contributed by atoms with Gasteiger partial charge in [-0.05, 0) is 12.1 Å². The molecule has 0 saturated heterocycles. The van der Waals surface area contributed by atoms with Gasteiger partial charge >= 0.3 is 0 Å². The van der Waals surface area contributed by atoms with E-state index in [0.717, 1.165) is 10.2 Å². The Kier molecular flexibility index (Phi) is 3.25. The van der Waals surface area contributed by atoms with Gasteiger partial charge < -0.3 is 11.1 Å². The molecule has 0 radical (unpaired) electrons. The number of para-hydroxylation sites is 1. The van der Waals surface area contributed by atoms with Gasteiger partial charge in [0.15, 0.2) is 10.3 Å². The number of anilines is 3. The van der Waals surface area contributed by atoms with Crippen LogP contribution in [0.1, 0.15) is 9.67 Å². The molecule has 0 aliphatic heterocycles. The number of nitrogens with one attached hydrogen (secondary N) is 2. The van der Waals surface area contributed by atoms with Gasteiger partial charge in [-0.3, -0.25) is 10.1 Å². The second-order valence-electron chi connectivity index (χ2n) is 3.92. The fourth-order valence-electron chi connectivity index (χ4n) is 1.68. The molecule has 102 valence electrons. The number of aromatic nitrogens is 2. The van der Waals surface area contributed by atoms with Crippen LogP contribution in [-0.4, -0.2) is 22.9 Å². The number of amides is 1. The highest BCUT2D eigenvalue weighted by Crippen LogP contribution is 2.28. The smallest absolute Gasteiger partial charge is 0.271 e. The number of rotatable bonds is 3. The minimum absolute atomic E-state index is 0.220. The van der Waals surface area contributed by atoms with Crippen molar-refractivity contribution in [1.29, 1.82) is 0 Å². The summed E-state index contributed by atoms with van der Waals surface area (Å²) in [6.45, 7) is 0. The van der Waals surface area contributed by atoms with Crippen molar-refractivity contribution in [3.8, 4) is 0 Å². The van der Waals surface area contributed by atoms with Gasteiger partial charge in [-0.2, -0.15) is 0 Å². The summed E-state index contributed by atoms with van der Waals surface area (Å²) in [6, 6.07) is 7.71. The lowest BCUT2D eigenvalue weighted by Gasteiger charge is -1.98. The van der Waals surface area contributed by atoms with Crippen LogP contribution in [0.3, 0.4) is 0 Å². The second kappa shape index (κ2) is 5.06. The second-order valence-corrected chi connectivity index (χ2v) is 5.95. The van der Waals surface area contributed by atoms with Crippen LogP contribution in [0.25, 0.3) is 10.2 Å². The molecule has 2 heterocycles. The molecule has 0 spiro atoms. The molecule has 0 unspecified atom stereocenters. The molecule has 1 amide bonds. The van der Waals surface area contributed by atoms with Crippen LogP contribution < -0.4 is 16.4 Å². The molecular formula is C12H11N5OS2. The molecule has 8 heteroatoms. The molecule has 0 aliphatic rings. The molecule has 0 bridgehead atoms. The van der Waals surface area contributed by atoms with Crippen molar-refractivity contribution < 1.29 is 4.79 Å². The fraction of sp³-hybridized carbons (Fsp3) is 0.0833.